The summed E-state index contributed by atoms with van der Waals surface area (Å²) in [6.45, 7) is 2.69. The molecule has 2 rings (SSSR count). The Balaban J connectivity index is 2.56. The molecule has 0 saturated carbocycles. The van der Waals surface area contributed by atoms with Gasteiger partial charge < -0.3 is 10.1 Å². The Bertz CT molecular complexity index is 581. The van der Waals surface area contributed by atoms with Gasteiger partial charge in [0.1, 0.15) is 11.6 Å². The van der Waals surface area contributed by atoms with Crippen molar-refractivity contribution >= 4 is 0 Å². The lowest BCUT2D eigenvalue weighted by Gasteiger charge is -2.12. The number of aryl methyl sites for hydroxylation is 1. The van der Waals surface area contributed by atoms with E-state index in [1.807, 2.05) is 38.2 Å². The zero-order valence-electron chi connectivity index (χ0n) is 11.5. The summed E-state index contributed by atoms with van der Waals surface area (Å²) in [5.41, 5.74) is 3.49. The van der Waals surface area contributed by atoms with Crippen molar-refractivity contribution < 1.29 is 9.13 Å². The maximum atomic E-state index is 14.1. The predicted octanol–water partition coefficient (Wildman–Crippen LogP) is 3.53. The van der Waals surface area contributed by atoms with Crippen molar-refractivity contribution in [3.05, 3.63) is 53.3 Å². The number of hydrogen-bond acceptors (Lipinski definition) is 2. The van der Waals surface area contributed by atoms with Crippen LogP contribution in [0, 0.1) is 12.7 Å². The molecule has 0 saturated heterocycles. The zero-order valence-corrected chi connectivity index (χ0v) is 11.5. The van der Waals surface area contributed by atoms with Crippen LogP contribution in [0.5, 0.6) is 5.75 Å². The minimum Gasteiger partial charge on any atom is -0.496 e. The van der Waals surface area contributed by atoms with Crippen LogP contribution in [0.4, 0.5) is 4.39 Å². The van der Waals surface area contributed by atoms with Gasteiger partial charge in [-0.3, -0.25) is 0 Å². The molecule has 3 heteroatoms. The Morgan fingerprint density at radius 2 is 1.89 bits per heavy atom. The molecular formula is C16H18FNO. The minimum atomic E-state index is -0.233. The van der Waals surface area contributed by atoms with Gasteiger partial charge in [-0.25, -0.2) is 4.39 Å². The molecule has 19 heavy (non-hydrogen) atoms. The molecular weight excluding hydrogens is 241 g/mol. The van der Waals surface area contributed by atoms with Gasteiger partial charge >= 0.3 is 0 Å². The lowest BCUT2D eigenvalue weighted by Crippen LogP contribution is -2.05. The fourth-order valence-corrected chi connectivity index (χ4v) is 2.13. The summed E-state index contributed by atoms with van der Waals surface area (Å²) in [7, 11) is 3.47. The topological polar surface area (TPSA) is 21.3 Å². The number of halogens is 1. The van der Waals surface area contributed by atoms with Crippen molar-refractivity contribution in [2.45, 2.75) is 13.5 Å². The number of nitrogens with one attached hydrogen (secondary N) is 1. The summed E-state index contributed by atoms with van der Waals surface area (Å²) < 4.78 is 19.4. The molecule has 0 radical (unpaired) electrons. The quantitative estimate of drug-likeness (QED) is 0.907. The lowest BCUT2D eigenvalue weighted by molar-refractivity contribution is 0.416. The highest BCUT2D eigenvalue weighted by Crippen LogP contribution is 2.33. The van der Waals surface area contributed by atoms with Gasteiger partial charge in [-0.1, -0.05) is 17.7 Å². The summed E-state index contributed by atoms with van der Waals surface area (Å²) in [6.07, 6.45) is 0. The van der Waals surface area contributed by atoms with E-state index in [4.69, 9.17) is 4.74 Å². The van der Waals surface area contributed by atoms with Crippen molar-refractivity contribution in [2.75, 3.05) is 14.2 Å². The van der Waals surface area contributed by atoms with E-state index in [0.717, 1.165) is 16.7 Å². The summed E-state index contributed by atoms with van der Waals surface area (Å²) in [4.78, 5) is 0. The van der Waals surface area contributed by atoms with Gasteiger partial charge in [-0.2, -0.15) is 0 Å². The van der Waals surface area contributed by atoms with Crippen LogP contribution in [-0.2, 0) is 6.54 Å². The zero-order chi connectivity index (χ0) is 13.8. The monoisotopic (exact) mass is 259 g/mol. The SMILES string of the molecule is CNCc1ccc(F)c(-c2cc(C)ccc2OC)c1. The Kier molecular flexibility index (Phi) is 4.17. The summed E-state index contributed by atoms with van der Waals surface area (Å²) in [5.74, 6) is 0.454. The normalized spacial score (nSPS) is 10.5. The van der Waals surface area contributed by atoms with E-state index in [-0.39, 0.29) is 5.82 Å². The molecule has 0 bridgehead atoms. The van der Waals surface area contributed by atoms with Gasteiger partial charge in [0.15, 0.2) is 0 Å². The molecule has 0 atom stereocenters. The fourth-order valence-electron chi connectivity index (χ4n) is 2.13. The molecule has 100 valence electrons. The molecule has 0 fully saturated rings. The van der Waals surface area contributed by atoms with E-state index in [1.54, 1.807) is 13.2 Å². The Labute approximate surface area is 113 Å². The van der Waals surface area contributed by atoms with Gasteiger partial charge in [-0.05, 0) is 43.8 Å². The smallest absolute Gasteiger partial charge is 0.131 e. The van der Waals surface area contributed by atoms with Crippen LogP contribution in [-0.4, -0.2) is 14.2 Å². The minimum absolute atomic E-state index is 0.233. The molecule has 2 aromatic rings. The van der Waals surface area contributed by atoms with Crippen LogP contribution < -0.4 is 10.1 Å². The highest BCUT2D eigenvalue weighted by atomic mass is 19.1. The summed E-state index contributed by atoms with van der Waals surface area (Å²) in [5, 5.41) is 3.07. The third-order valence-electron chi connectivity index (χ3n) is 3.06. The van der Waals surface area contributed by atoms with Gasteiger partial charge in [0, 0.05) is 17.7 Å². The Morgan fingerprint density at radius 3 is 2.58 bits per heavy atom. The van der Waals surface area contributed by atoms with Crippen LogP contribution in [0.15, 0.2) is 36.4 Å². The number of benzene rings is 2. The first-order valence-corrected chi connectivity index (χ1v) is 6.23. The molecule has 2 aromatic carbocycles. The van der Waals surface area contributed by atoms with Crippen molar-refractivity contribution in [1.82, 2.24) is 5.32 Å². The van der Waals surface area contributed by atoms with Crippen molar-refractivity contribution in [3.8, 4) is 16.9 Å². The van der Waals surface area contributed by atoms with E-state index in [1.165, 1.54) is 6.07 Å². The first-order chi connectivity index (χ1) is 9.15. The van der Waals surface area contributed by atoms with E-state index in [0.29, 0.717) is 17.9 Å². The average molecular weight is 259 g/mol. The number of rotatable bonds is 4. The second-order valence-electron chi connectivity index (χ2n) is 4.55. The molecule has 0 aliphatic carbocycles. The fraction of sp³-hybridized carbons (Fsp3) is 0.250. The number of ether oxygens (including phenoxy) is 1. The number of methoxy groups -OCH3 is 1. The van der Waals surface area contributed by atoms with Gasteiger partial charge in [-0.15, -0.1) is 0 Å². The largest absolute Gasteiger partial charge is 0.496 e. The van der Waals surface area contributed by atoms with Crippen molar-refractivity contribution in [2.24, 2.45) is 0 Å². The molecule has 0 aromatic heterocycles. The standard InChI is InChI=1S/C16H18FNO/c1-11-4-7-16(19-3)14(8-11)13-9-12(10-18-2)5-6-15(13)17/h4-9,18H,10H2,1-3H3. The third kappa shape index (κ3) is 2.93. The summed E-state index contributed by atoms with van der Waals surface area (Å²) >= 11 is 0. The molecule has 0 unspecified atom stereocenters. The van der Waals surface area contributed by atoms with E-state index < -0.39 is 0 Å². The van der Waals surface area contributed by atoms with E-state index >= 15 is 0 Å². The Morgan fingerprint density at radius 1 is 1.11 bits per heavy atom. The molecule has 1 N–H and O–H groups in total. The lowest BCUT2D eigenvalue weighted by atomic mass is 9.99. The first kappa shape index (κ1) is 13.6. The summed E-state index contributed by atoms with van der Waals surface area (Å²) in [6, 6.07) is 10.9. The first-order valence-electron chi connectivity index (χ1n) is 6.23. The van der Waals surface area contributed by atoms with Crippen LogP contribution in [0.3, 0.4) is 0 Å². The highest BCUT2D eigenvalue weighted by molar-refractivity contribution is 5.72. The maximum absolute atomic E-state index is 14.1. The second-order valence-corrected chi connectivity index (χ2v) is 4.55. The molecule has 2 nitrogen and oxygen atoms in total. The van der Waals surface area contributed by atoms with Crippen molar-refractivity contribution in [3.63, 3.8) is 0 Å². The maximum Gasteiger partial charge on any atom is 0.131 e. The third-order valence-corrected chi connectivity index (χ3v) is 3.06. The van der Waals surface area contributed by atoms with Crippen LogP contribution in [0.25, 0.3) is 11.1 Å². The van der Waals surface area contributed by atoms with Crippen LogP contribution >= 0.6 is 0 Å². The predicted molar refractivity (Wildman–Crippen MR) is 75.9 cm³/mol. The van der Waals surface area contributed by atoms with Crippen LogP contribution in [0.2, 0.25) is 0 Å². The van der Waals surface area contributed by atoms with Gasteiger partial charge in [0.05, 0.1) is 7.11 Å². The molecule has 0 aliphatic rings. The molecule has 0 spiro atoms. The Hall–Kier alpha value is -1.87. The highest BCUT2D eigenvalue weighted by Gasteiger charge is 2.11. The average Bonchev–Trinajstić information content (AvgIpc) is 2.41. The van der Waals surface area contributed by atoms with Crippen molar-refractivity contribution in [1.29, 1.82) is 0 Å². The van der Waals surface area contributed by atoms with E-state index in [2.05, 4.69) is 5.32 Å². The second kappa shape index (κ2) is 5.85. The molecule has 0 amide bonds. The van der Waals surface area contributed by atoms with Gasteiger partial charge in [0.2, 0.25) is 0 Å². The molecule has 0 aliphatic heterocycles. The number of hydrogen-bond donors (Lipinski definition) is 1. The van der Waals surface area contributed by atoms with Crippen LogP contribution in [0.1, 0.15) is 11.1 Å². The van der Waals surface area contributed by atoms with E-state index in [9.17, 15) is 4.39 Å². The molecule has 0 heterocycles. The van der Waals surface area contributed by atoms with Gasteiger partial charge in [0.25, 0.3) is 0 Å².